The molecule has 1 unspecified atom stereocenters. The summed E-state index contributed by atoms with van der Waals surface area (Å²) in [6, 6.07) is 0.576. The van der Waals surface area contributed by atoms with Crippen molar-refractivity contribution in [3.63, 3.8) is 0 Å². The monoisotopic (exact) mass is 290 g/mol. The number of rotatable bonds is 4. The van der Waals surface area contributed by atoms with Gasteiger partial charge in [-0.3, -0.25) is 4.79 Å². The van der Waals surface area contributed by atoms with Crippen molar-refractivity contribution in [3.8, 4) is 0 Å². The second-order valence-electron chi connectivity index (χ2n) is 8.32. The van der Waals surface area contributed by atoms with Gasteiger partial charge in [0, 0.05) is 19.5 Å². The minimum absolute atomic E-state index is 0.416. The van der Waals surface area contributed by atoms with E-state index in [4.69, 9.17) is 0 Å². The molecular weight excluding hydrogens is 260 g/mol. The Labute approximate surface area is 128 Å². The van der Waals surface area contributed by atoms with Gasteiger partial charge in [-0.2, -0.15) is 0 Å². The van der Waals surface area contributed by atoms with Crippen molar-refractivity contribution in [1.82, 2.24) is 10.2 Å². The van der Waals surface area contributed by atoms with Gasteiger partial charge in [-0.1, -0.05) is 0 Å². The van der Waals surface area contributed by atoms with Gasteiger partial charge >= 0.3 is 0 Å². The van der Waals surface area contributed by atoms with Gasteiger partial charge < -0.3 is 10.2 Å². The highest BCUT2D eigenvalue weighted by molar-refractivity contribution is 5.76. The molecule has 1 heterocycles. The second kappa shape index (κ2) is 5.57. The molecule has 1 atom stereocenters. The summed E-state index contributed by atoms with van der Waals surface area (Å²) in [6.07, 6.45) is 10.2. The third-order valence-corrected chi connectivity index (χ3v) is 6.95. The number of carbonyl (C=O) groups excluding carboxylic acids is 1. The van der Waals surface area contributed by atoms with E-state index in [0.29, 0.717) is 11.9 Å². The van der Waals surface area contributed by atoms with Crippen LogP contribution in [0.2, 0.25) is 0 Å². The van der Waals surface area contributed by atoms with Gasteiger partial charge in [0.05, 0.1) is 0 Å². The van der Waals surface area contributed by atoms with Gasteiger partial charge in [-0.25, -0.2) is 0 Å². The van der Waals surface area contributed by atoms with E-state index >= 15 is 0 Å². The first kappa shape index (κ1) is 14.0. The van der Waals surface area contributed by atoms with Crippen molar-refractivity contribution >= 4 is 5.91 Å². The van der Waals surface area contributed by atoms with Crippen molar-refractivity contribution in [2.75, 3.05) is 20.1 Å². The zero-order valence-corrected chi connectivity index (χ0v) is 13.4. The number of hydrogen-bond donors (Lipinski definition) is 1. The van der Waals surface area contributed by atoms with E-state index in [1.165, 1.54) is 38.5 Å². The van der Waals surface area contributed by atoms with Crippen LogP contribution in [0.3, 0.4) is 0 Å². The molecule has 4 saturated carbocycles. The second-order valence-corrected chi connectivity index (χ2v) is 8.32. The lowest BCUT2D eigenvalue weighted by molar-refractivity contribution is -0.141. The lowest BCUT2D eigenvalue weighted by Crippen LogP contribution is -2.56. The fourth-order valence-electron chi connectivity index (χ4n) is 6.16. The van der Waals surface area contributed by atoms with Crippen LogP contribution in [-0.2, 0) is 4.79 Å². The molecule has 1 saturated heterocycles. The normalized spacial score (nSPS) is 44.2. The number of amides is 1. The highest BCUT2D eigenvalue weighted by Gasteiger charge is 2.50. The van der Waals surface area contributed by atoms with Crippen LogP contribution in [0.25, 0.3) is 0 Å². The first-order valence-electron chi connectivity index (χ1n) is 9.17. The fourth-order valence-corrected chi connectivity index (χ4v) is 6.16. The maximum absolute atomic E-state index is 12.6. The van der Waals surface area contributed by atoms with Crippen molar-refractivity contribution in [3.05, 3.63) is 0 Å². The van der Waals surface area contributed by atoms with Crippen LogP contribution >= 0.6 is 0 Å². The minimum atomic E-state index is 0.416. The van der Waals surface area contributed by atoms with Crippen molar-refractivity contribution in [2.45, 2.75) is 57.4 Å². The molecule has 21 heavy (non-hydrogen) atoms. The molecule has 1 aliphatic heterocycles. The van der Waals surface area contributed by atoms with E-state index in [-0.39, 0.29) is 0 Å². The van der Waals surface area contributed by atoms with Crippen molar-refractivity contribution in [2.24, 2.45) is 29.6 Å². The van der Waals surface area contributed by atoms with Crippen LogP contribution in [0.5, 0.6) is 0 Å². The molecular formula is C18H30N2O. The molecule has 1 N–H and O–H groups in total. The summed E-state index contributed by atoms with van der Waals surface area (Å²) in [7, 11) is 2.10. The SMILES string of the molecule is CN(C(=O)CCC1CCNC1)C1C2CC3CC(C2)CC1C3. The minimum Gasteiger partial charge on any atom is -0.342 e. The van der Waals surface area contributed by atoms with E-state index in [1.807, 2.05) is 0 Å². The predicted molar refractivity (Wildman–Crippen MR) is 83.8 cm³/mol. The number of nitrogens with zero attached hydrogens (tertiary/aromatic N) is 1. The summed E-state index contributed by atoms with van der Waals surface area (Å²) in [5.41, 5.74) is 0. The average Bonchev–Trinajstić information content (AvgIpc) is 2.96. The summed E-state index contributed by atoms with van der Waals surface area (Å²) < 4.78 is 0. The fraction of sp³-hybridized carbons (Fsp3) is 0.944. The summed E-state index contributed by atoms with van der Waals surface area (Å²) in [6.45, 7) is 2.26. The van der Waals surface area contributed by atoms with Crippen molar-refractivity contribution < 1.29 is 4.79 Å². The lowest BCUT2D eigenvalue weighted by Gasteiger charge is -2.56. The summed E-state index contributed by atoms with van der Waals surface area (Å²) >= 11 is 0. The molecule has 0 aromatic heterocycles. The van der Waals surface area contributed by atoms with Crippen LogP contribution in [0.1, 0.15) is 51.4 Å². The Morgan fingerprint density at radius 1 is 1.10 bits per heavy atom. The Bertz CT molecular complexity index is 374. The van der Waals surface area contributed by atoms with Crippen LogP contribution in [0, 0.1) is 29.6 Å². The van der Waals surface area contributed by atoms with Gasteiger partial charge in [0.25, 0.3) is 0 Å². The highest BCUT2D eigenvalue weighted by Crippen LogP contribution is 2.55. The van der Waals surface area contributed by atoms with E-state index in [0.717, 1.165) is 55.5 Å². The maximum atomic E-state index is 12.6. The Balaban J connectivity index is 1.35. The van der Waals surface area contributed by atoms with Gasteiger partial charge in [-0.15, -0.1) is 0 Å². The predicted octanol–water partition coefficient (Wildman–Crippen LogP) is 2.66. The molecule has 5 rings (SSSR count). The number of nitrogens with one attached hydrogen (secondary N) is 1. The molecule has 0 aromatic carbocycles. The third-order valence-electron chi connectivity index (χ3n) is 6.95. The van der Waals surface area contributed by atoms with E-state index in [9.17, 15) is 4.79 Å². The zero-order chi connectivity index (χ0) is 14.4. The molecule has 4 bridgehead atoms. The smallest absolute Gasteiger partial charge is 0.222 e. The van der Waals surface area contributed by atoms with Gasteiger partial charge in [0.2, 0.25) is 5.91 Å². The largest absolute Gasteiger partial charge is 0.342 e. The van der Waals surface area contributed by atoms with Gasteiger partial charge in [0.15, 0.2) is 0 Å². The molecule has 5 fully saturated rings. The first-order chi connectivity index (χ1) is 10.2. The molecule has 4 aliphatic carbocycles. The van der Waals surface area contributed by atoms with Crippen LogP contribution in [0.15, 0.2) is 0 Å². The number of carbonyl (C=O) groups is 1. The standard InChI is InChI=1S/C18H30N2O/c1-20(17(21)3-2-12-4-5-19-11-12)18-15-7-13-6-14(9-15)10-16(18)8-13/h12-16,18-19H,2-11H2,1H3. The summed E-state index contributed by atoms with van der Waals surface area (Å²) in [5, 5.41) is 3.41. The number of hydrogen-bond acceptors (Lipinski definition) is 2. The Hall–Kier alpha value is -0.570. The average molecular weight is 290 g/mol. The molecule has 5 aliphatic rings. The lowest BCUT2D eigenvalue weighted by atomic mass is 9.54. The van der Waals surface area contributed by atoms with E-state index < -0.39 is 0 Å². The highest BCUT2D eigenvalue weighted by atomic mass is 16.2. The molecule has 1 amide bonds. The Kier molecular flexibility index (Phi) is 3.72. The van der Waals surface area contributed by atoms with Crippen molar-refractivity contribution in [1.29, 1.82) is 0 Å². The molecule has 0 radical (unpaired) electrons. The first-order valence-corrected chi connectivity index (χ1v) is 9.17. The quantitative estimate of drug-likeness (QED) is 0.863. The topological polar surface area (TPSA) is 32.3 Å². The van der Waals surface area contributed by atoms with Crippen LogP contribution in [0.4, 0.5) is 0 Å². The van der Waals surface area contributed by atoms with Gasteiger partial charge in [0.1, 0.15) is 0 Å². The molecule has 0 aromatic rings. The Morgan fingerprint density at radius 3 is 2.33 bits per heavy atom. The summed E-state index contributed by atoms with van der Waals surface area (Å²) in [5.74, 6) is 4.79. The molecule has 3 heteroatoms. The van der Waals surface area contributed by atoms with Gasteiger partial charge in [-0.05, 0) is 87.6 Å². The van der Waals surface area contributed by atoms with E-state index in [1.54, 1.807) is 0 Å². The van der Waals surface area contributed by atoms with Crippen LogP contribution in [-0.4, -0.2) is 37.0 Å². The summed E-state index contributed by atoms with van der Waals surface area (Å²) in [4.78, 5) is 14.8. The van der Waals surface area contributed by atoms with E-state index in [2.05, 4.69) is 17.3 Å². The Morgan fingerprint density at radius 2 is 1.76 bits per heavy atom. The maximum Gasteiger partial charge on any atom is 0.222 e. The molecule has 3 nitrogen and oxygen atoms in total. The van der Waals surface area contributed by atoms with Crippen LogP contribution < -0.4 is 5.32 Å². The molecule has 0 spiro atoms. The third kappa shape index (κ3) is 2.62. The molecule has 118 valence electrons. The zero-order valence-electron chi connectivity index (χ0n) is 13.4.